The first-order chi connectivity index (χ1) is 10.1. The van der Waals surface area contributed by atoms with Crippen LogP contribution in [0.3, 0.4) is 0 Å². The zero-order chi connectivity index (χ0) is 15.0. The molecule has 21 heavy (non-hydrogen) atoms. The van der Waals surface area contributed by atoms with Gasteiger partial charge in [-0.15, -0.1) is 0 Å². The normalized spacial score (nSPS) is 23.1. The summed E-state index contributed by atoms with van der Waals surface area (Å²) in [7, 11) is 0. The molecule has 1 aromatic carbocycles. The van der Waals surface area contributed by atoms with Crippen LogP contribution in [0.1, 0.15) is 19.4 Å². The predicted molar refractivity (Wildman–Crippen MR) is 79.6 cm³/mol. The number of fused-ring (bicyclic) bond motifs is 1. The van der Waals surface area contributed by atoms with E-state index < -0.39 is 0 Å². The van der Waals surface area contributed by atoms with Gasteiger partial charge in [0.25, 0.3) is 5.91 Å². The highest BCUT2D eigenvalue weighted by atomic mass is 16.2. The molecule has 2 saturated heterocycles. The standard InChI is InChI=1S/C16H21N3O2/c1-12(2)19-15(20)14-11-17(8-9-18(14)16(19)21)10-13-6-4-3-5-7-13/h3-7,12,14H,8-11H2,1-2H3. The summed E-state index contributed by atoms with van der Waals surface area (Å²) in [6, 6.07) is 9.73. The molecule has 2 aliphatic rings. The summed E-state index contributed by atoms with van der Waals surface area (Å²) < 4.78 is 0. The molecule has 2 fully saturated rings. The quantitative estimate of drug-likeness (QED) is 0.792. The van der Waals surface area contributed by atoms with Gasteiger partial charge in [-0.25, -0.2) is 4.79 Å². The minimum Gasteiger partial charge on any atom is -0.310 e. The van der Waals surface area contributed by atoms with Crippen LogP contribution in [0.25, 0.3) is 0 Å². The van der Waals surface area contributed by atoms with E-state index in [0.717, 1.165) is 13.1 Å². The Morgan fingerprint density at radius 3 is 2.52 bits per heavy atom. The van der Waals surface area contributed by atoms with Crippen molar-refractivity contribution in [2.75, 3.05) is 19.6 Å². The number of piperazine rings is 1. The number of imide groups is 1. The van der Waals surface area contributed by atoms with Crippen LogP contribution in [0.15, 0.2) is 30.3 Å². The van der Waals surface area contributed by atoms with E-state index in [-0.39, 0.29) is 24.0 Å². The molecular weight excluding hydrogens is 266 g/mol. The number of carbonyl (C=O) groups excluding carboxylic acids is 2. The van der Waals surface area contributed by atoms with Crippen molar-refractivity contribution in [3.8, 4) is 0 Å². The van der Waals surface area contributed by atoms with Crippen LogP contribution in [-0.4, -0.2) is 58.4 Å². The fourth-order valence-electron chi connectivity index (χ4n) is 3.13. The van der Waals surface area contributed by atoms with E-state index in [2.05, 4.69) is 17.0 Å². The van der Waals surface area contributed by atoms with Gasteiger partial charge in [-0.3, -0.25) is 14.6 Å². The van der Waals surface area contributed by atoms with Crippen molar-refractivity contribution in [2.24, 2.45) is 0 Å². The Balaban J connectivity index is 1.71. The highest BCUT2D eigenvalue weighted by Crippen LogP contribution is 2.24. The second-order valence-corrected chi connectivity index (χ2v) is 6.01. The van der Waals surface area contributed by atoms with Gasteiger partial charge in [0.15, 0.2) is 0 Å². The molecule has 112 valence electrons. The first-order valence-corrected chi connectivity index (χ1v) is 7.48. The Morgan fingerprint density at radius 2 is 1.86 bits per heavy atom. The number of rotatable bonds is 3. The molecule has 0 aromatic heterocycles. The Bertz CT molecular complexity index is 544. The van der Waals surface area contributed by atoms with Gasteiger partial charge >= 0.3 is 6.03 Å². The molecule has 0 saturated carbocycles. The average Bonchev–Trinajstić information content (AvgIpc) is 2.71. The Kier molecular flexibility index (Phi) is 3.68. The Labute approximate surface area is 125 Å². The molecule has 1 atom stereocenters. The SMILES string of the molecule is CC(C)N1C(=O)C2CN(Cc3ccccc3)CCN2C1=O. The van der Waals surface area contributed by atoms with E-state index in [4.69, 9.17) is 0 Å². The predicted octanol–water partition coefficient (Wildman–Crippen LogP) is 1.54. The minimum absolute atomic E-state index is 0.0484. The lowest BCUT2D eigenvalue weighted by atomic mass is 10.1. The van der Waals surface area contributed by atoms with Crippen LogP contribution in [-0.2, 0) is 11.3 Å². The summed E-state index contributed by atoms with van der Waals surface area (Å²) in [6.45, 7) is 6.67. The molecule has 5 nitrogen and oxygen atoms in total. The molecule has 1 aromatic rings. The third kappa shape index (κ3) is 2.53. The van der Waals surface area contributed by atoms with Crippen molar-refractivity contribution >= 4 is 11.9 Å². The van der Waals surface area contributed by atoms with Crippen LogP contribution in [0.5, 0.6) is 0 Å². The zero-order valence-corrected chi connectivity index (χ0v) is 12.5. The molecule has 0 bridgehead atoms. The van der Waals surface area contributed by atoms with Crippen molar-refractivity contribution in [2.45, 2.75) is 32.5 Å². The van der Waals surface area contributed by atoms with E-state index in [9.17, 15) is 9.59 Å². The molecule has 0 N–H and O–H groups in total. The zero-order valence-electron chi connectivity index (χ0n) is 12.5. The summed E-state index contributed by atoms with van der Waals surface area (Å²) in [5.74, 6) is -0.0484. The average molecular weight is 287 g/mol. The highest BCUT2D eigenvalue weighted by molar-refractivity contribution is 6.04. The smallest absolute Gasteiger partial charge is 0.310 e. The van der Waals surface area contributed by atoms with Gasteiger partial charge in [-0.05, 0) is 19.4 Å². The summed E-state index contributed by atoms with van der Waals surface area (Å²) >= 11 is 0. The van der Waals surface area contributed by atoms with Gasteiger partial charge in [0.2, 0.25) is 0 Å². The first-order valence-electron chi connectivity index (χ1n) is 7.48. The number of urea groups is 1. The molecule has 2 aliphatic heterocycles. The Morgan fingerprint density at radius 1 is 1.14 bits per heavy atom. The minimum atomic E-state index is -0.308. The fraction of sp³-hybridized carbons (Fsp3) is 0.500. The number of nitrogens with zero attached hydrogens (tertiary/aromatic N) is 3. The Hall–Kier alpha value is -1.88. The van der Waals surface area contributed by atoms with Crippen LogP contribution >= 0.6 is 0 Å². The number of hydrogen-bond donors (Lipinski definition) is 0. The van der Waals surface area contributed by atoms with Crippen molar-refractivity contribution in [3.05, 3.63) is 35.9 Å². The molecule has 0 spiro atoms. The van der Waals surface area contributed by atoms with Crippen molar-refractivity contribution in [3.63, 3.8) is 0 Å². The molecule has 2 heterocycles. The van der Waals surface area contributed by atoms with Crippen LogP contribution in [0.2, 0.25) is 0 Å². The lowest BCUT2D eigenvalue weighted by molar-refractivity contribution is -0.130. The fourth-order valence-corrected chi connectivity index (χ4v) is 3.13. The molecule has 5 heteroatoms. The largest absolute Gasteiger partial charge is 0.327 e. The van der Waals surface area contributed by atoms with E-state index in [0.29, 0.717) is 13.1 Å². The summed E-state index contributed by atoms with van der Waals surface area (Å²) in [5.41, 5.74) is 1.24. The maximum atomic E-state index is 12.4. The first kappa shape index (κ1) is 14.1. The number of amides is 3. The number of hydrogen-bond acceptors (Lipinski definition) is 3. The summed E-state index contributed by atoms with van der Waals surface area (Å²) in [5, 5.41) is 0. The molecule has 0 radical (unpaired) electrons. The molecule has 1 unspecified atom stereocenters. The summed E-state index contributed by atoms with van der Waals surface area (Å²) in [6.07, 6.45) is 0. The van der Waals surface area contributed by atoms with Crippen LogP contribution < -0.4 is 0 Å². The molecule has 0 aliphatic carbocycles. The van der Waals surface area contributed by atoms with Crippen molar-refractivity contribution < 1.29 is 9.59 Å². The van der Waals surface area contributed by atoms with Crippen molar-refractivity contribution in [1.82, 2.24) is 14.7 Å². The highest BCUT2D eigenvalue weighted by Gasteiger charge is 2.48. The third-order valence-corrected chi connectivity index (χ3v) is 4.20. The second kappa shape index (κ2) is 5.48. The van der Waals surface area contributed by atoms with E-state index >= 15 is 0 Å². The maximum absolute atomic E-state index is 12.4. The van der Waals surface area contributed by atoms with Gasteiger partial charge < -0.3 is 4.90 Å². The van der Waals surface area contributed by atoms with Gasteiger partial charge in [0.1, 0.15) is 6.04 Å². The second-order valence-electron chi connectivity index (χ2n) is 6.01. The number of benzene rings is 1. The van der Waals surface area contributed by atoms with E-state index in [1.165, 1.54) is 10.5 Å². The third-order valence-electron chi connectivity index (χ3n) is 4.20. The lowest BCUT2D eigenvalue weighted by Gasteiger charge is -2.35. The molecular formula is C16H21N3O2. The lowest BCUT2D eigenvalue weighted by Crippen LogP contribution is -2.52. The molecule has 3 rings (SSSR count). The van der Waals surface area contributed by atoms with Gasteiger partial charge in [-0.2, -0.15) is 0 Å². The summed E-state index contributed by atoms with van der Waals surface area (Å²) in [4.78, 5) is 30.1. The van der Waals surface area contributed by atoms with Gasteiger partial charge in [0, 0.05) is 32.2 Å². The maximum Gasteiger partial charge on any atom is 0.327 e. The van der Waals surface area contributed by atoms with Crippen LogP contribution in [0, 0.1) is 0 Å². The van der Waals surface area contributed by atoms with E-state index in [1.54, 1.807) is 4.90 Å². The van der Waals surface area contributed by atoms with Gasteiger partial charge in [-0.1, -0.05) is 30.3 Å². The van der Waals surface area contributed by atoms with Crippen LogP contribution in [0.4, 0.5) is 4.79 Å². The number of carbonyl (C=O) groups is 2. The van der Waals surface area contributed by atoms with Gasteiger partial charge in [0.05, 0.1) is 0 Å². The van der Waals surface area contributed by atoms with E-state index in [1.807, 2.05) is 32.0 Å². The topological polar surface area (TPSA) is 43.9 Å². The van der Waals surface area contributed by atoms with Crippen molar-refractivity contribution in [1.29, 1.82) is 0 Å². The molecule has 3 amide bonds. The monoisotopic (exact) mass is 287 g/mol.